The molecule has 0 radical (unpaired) electrons. The highest BCUT2D eigenvalue weighted by Crippen LogP contribution is 2.37. The van der Waals surface area contributed by atoms with E-state index in [4.69, 9.17) is 0 Å². The molecule has 2 aromatic carbocycles. The molecule has 0 saturated carbocycles. The number of aryl methyl sites for hydroxylation is 2. The second kappa shape index (κ2) is 10.3. The van der Waals surface area contributed by atoms with E-state index in [2.05, 4.69) is 74.5 Å². The Balaban J connectivity index is 1.25. The van der Waals surface area contributed by atoms with Gasteiger partial charge in [0.15, 0.2) is 0 Å². The van der Waals surface area contributed by atoms with Crippen LogP contribution in [0.5, 0.6) is 0 Å². The van der Waals surface area contributed by atoms with Crippen LogP contribution in [-0.4, -0.2) is 0 Å². The van der Waals surface area contributed by atoms with Crippen molar-refractivity contribution in [1.82, 2.24) is 0 Å². The van der Waals surface area contributed by atoms with Crippen LogP contribution in [0.1, 0.15) is 99.3 Å². The third-order valence-corrected chi connectivity index (χ3v) is 7.50. The van der Waals surface area contributed by atoms with Crippen LogP contribution in [-0.2, 0) is 12.8 Å². The molecule has 4 rings (SSSR count). The molecule has 0 amide bonds. The minimum atomic E-state index is 0.730. The predicted octanol–water partition coefficient (Wildman–Crippen LogP) is 8.68. The molecule has 0 aliphatic heterocycles. The van der Waals surface area contributed by atoms with Crippen LogP contribution in [0, 0.1) is 0 Å². The third-order valence-electron chi connectivity index (χ3n) is 7.50. The smallest absolute Gasteiger partial charge is 0.0124 e. The number of rotatable bonds is 7. The molecule has 0 aromatic heterocycles. The molecule has 158 valence electrons. The standard InChI is InChI=1S/C30H38/c1-3-23-7-15-27(16-8-23)29-19-11-25(12-20-29)5-6-26-13-21-30(22-14-26)28-17-9-24(4-2)10-18-28/h7-11,13,15-18,29-30H,3-6,12,14,19-22H2,1-2H3. The van der Waals surface area contributed by atoms with Crippen molar-refractivity contribution >= 4 is 0 Å². The van der Waals surface area contributed by atoms with Crippen molar-refractivity contribution in [3.63, 3.8) is 0 Å². The lowest BCUT2D eigenvalue weighted by atomic mass is 9.80. The first kappa shape index (κ1) is 21.2. The summed E-state index contributed by atoms with van der Waals surface area (Å²) < 4.78 is 0. The van der Waals surface area contributed by atoms with E-state index in [-0.39, 0.29) is 0 Å². The number of hydrogen-bond acceptors (Lipinski definition) is 0. The number of benzene rings is 2. The molecular weight excluding hydrogens is 360 g/mol. The molecule has 0 nitrogen and oxygen atoms in total. The van der Waals surface area contributed by atoms with E-state index in [1.54, 1.807) is 11.1 Å². The first-order chi connectivity index (χ1) is 14.7. The lowest BCUT2D eigenvalue weighted by molar-refractivity contribution is 0.567. The molecule has 2 aromatic rings. The van der Waals surface area contributed by atoms with Gasteiger partial charge in [-0.05, 0) is 98.3 Å². The third kappa shape index (κ3) is 5.34. The Morgan fingerprint density at radius 2 is 1.00 bits per heavy atom. The van der Waals surface area contributed by atoms with E-state index in [1.807, 2.05) is 0 Å². The van der Waals surface area contributed by atoms with Crippen LogP contribution in [0.15, 0.2) is 71.8 Å². The maximum absolute atomic E-state index is 2.56. The minimum Gasteiger partial charge on any atom is -0.0847 e. The molecule has 2 unspecified atom stereocenters. The molecule has 2 atom stereocenters. The fourth-order valence-corrected chi connectivity index (χ4v) is 5.21. The second-order valence-corrected chi connectivity index (χ2v) is 9.36. The van der Waals surface area contributed by atoms with Crippen molar-refractivity contribution in [2.75, 3.05) is 0 Å². The summed E-state index contributed by atoms with van der Waals surface area (Å²) in [5.74, 6) is 1.46. The van der Waals surface area contributed by atoms with Crippen LogP contribution in [0.4, 0.5) is 0 Å². The summed E-state index contributed by atoms with van der Waals surface area (Å²) in [6.07, 6.45) is 17.6. The summed E-state index contributed by atoms with van der Waals surface area (Å²) in [4.78, 5) is 0. The topological polar surface area (TPSA) is 0 Å². The molecule has 0 heterocycles. The summed E-state index contributed by atoms with van der Waals surface area (Å²) in [5, 5.41) is 0. The van der Waals surface area contributed by atoms with E-state index in [9.17, 15) is 0 Å². The van der Waals surface area contributed by atoms with Crippen LogP contribution < -0.4 is 0 Å². The monoisotopic (exact) mass is 398 g/mol. The Kier molecular flexibility index (Phi) is 7.26. The lowest BCUT2D eigenvalue weighted by Gasteiger charge is -2.25. The van der Waals surface area contributed by atoms with Crippen LogP contribution in [0.2, 0.25) is 0 Å². The minimum absolute atomic E-state index is 0.730. The van der Waals surface area contributed by atoms with Gasteiger partial charge in [0.2, 0.25) is 0 Å². The summed E-state index contributed by atoms with van der Waals surface area (Å²) in [5.41, 5.74) is 9.38. The van der Waals surface area contributed by atoms with Gasteiger partial charge in [-0.1, -0.05) is 85.7 Å². The highest BCUT2D eigenvalue weighted by molar-refractivity contribution is 5.29. The quantitative estimate of drug-likeness (QED) is 0.409. The van der Waals surface area contributed by atoms with Gasteiger partial charge < -0.3 is 0 Å². The van der Waals surface area contributed by atoms with Crippen LogP contribution >= 0.6 is 0 Å². The van der Waals surface area contributed by atoms with Gasteiger partial charge in [0.1, 0.15) is 0 Å². The number of hydrogen-bond donors (Lipinski definition) is 0. The zero-order chi connectivity index (χ0) is 20.8. The lowest BCUT2D eigenvalue weighted by Crippen LogP contribution is -2.07. The molecule has 0 N–H and O–H groups in total. The Bertz CT molecular complexity index is 788. The summed E-state index contributed by atoms with van der Waals surface area (Å²) in [6, 6.07) is 18.7. The maximum atomic E-state index is 2.56. The zero-order valence-electron chi connectivity index (χ0n) is 19.0. The fourth-order valence-electron chi connectivity index (χ4n) is 5.21. The Morgan fingerprint density at radius 3 is 1.30 bits per heavy atom. The van der Waals surface area contributed by atoms with E-state index in [1.165, 1.54) is 73.6 Å². The highest BCUT2D eigenvalue weighted by Gasteiger charge is 2.19. The maximum Gasteiger partial charge on any atom is -0.0124 e. The Morgan fingerprint density at radius 1 is 0.600 bits per heavy atom. The van der Waals surface area contributed by atoms with Gasteiger partial charge in [-0.25, -0.2) is 0 Å². The van der Waals surface area contributed by atoms with Crippen molar-refractivity contribution in [1.29, 1.82) is 0 Å². The molecule has 0 saturated heterocycles. The molecule has 30 heavy (non-hydrogen) atoms. The molecule has 0 spiro atoms. The average Bonchev–Trinajstić information content (AvgIpc) is 2.83. The molecule has 2 aliphatic rings. The molecule has 0 heteroatoms. The zero-order valence-corrected chi connectivity index (χ0v) is 19.0. The molecule has 0 fully saturated rings. The van der Waals surface area contributed by atoms with Crippen molar-refractivity contribution < 1.29 is 0 Å². The fraction of sp³-hybridized carbons (Fsp3) is 0.467. The molecule has 0 bridgehead atoms. The predicted molar refractivity (Wildman–Crippen MR) is 130 cm³/mol. The molecule has 2 aliphatic carbocycles. The van der Waals surface area contributed by atoms with Gasteiger partial charge in [0.05, 0.1) is 0 Å². The van der Waals surface area contributed by atoms with E-state index < -0.39 is 0 Å². The highest BCUT2D eigenvalue weighted by atomic mass is 14.2. The van der Waals surface area contributed by atoms with Gasteiger partial charge >= 0.3 is 0 Å². The van der Waals surface area contributed by atoms with E-state index in [0.717, 1.165) is 24.7 Å². The van der Waals surface area contributed by atoms with Gasteiger partial charge in [0.25, 0.3) is 0 Å². The SMILES string of the molecule is CCc1ccc(C2CC=C(CCC3=CCC(c4ccc(CC)cc4)CC3)CC2)cc1. The van der Waals surface area contributed by atoms with Crippen molar-refractivity contribution in [3.05, 3.63) is 94.1 Å². The van der Waals surface area contributed by atoms with Crippen molar-refractivity contribution in [3.8, 4) is 0 Å². The van der Waals surface area contributed by atoms with Crippen LogP contribution in [0.25, 0.3) is 0 Å². The average molecular weight is 399 g/mol. The largest absolute Gasteiger partial charge is 0.0847 e. The number of allylic oxidation sites excluding steroid dienone is 4. The van der Waals surface area contributed by atoms with Crippen molar-refractivity contribution in [2.45, 2.75) is 89.9 Å². The Hall–Kier alpha value is -2.08. The normalized spacial score (nSPS) is 21.8. The van der Waals surface area contributed by atoms with E-state index in [0.29, 0.717) is 0 Å². The summed E-state index contributed by atoms with van der Waals surface area (Å²) >= 11 is 0. The summed E-state index contributed by atoms with van der Waals surface area (Å²) in [7, 11) is 0. The molecular formula is C30H38. The van der Waals surface area contributed by atoms with Crippen LogP contribution in [0.3, 0.4) is 0 Å². The van der Waals surface area contributed by atoms with E-state index >= 15 is 0 Å². The van der Waals surface area contributed by atoms with Crippen molar-refractivity contribution in [2.24, 2.45) is 0 Å². The van der Waals surface area contributed by atoms with Gasteiger partial charge in [0, 0.05) is 0 Å². The first-order valence-electron chi connectivity index (χ1n) is 12.3. The van der Waals surface area contributed by atoms with Gasteiger partial charge in [-0.15, -0.1) is 0 Å². The van der Waals surface area contributed by atoms with Gasteiger partial charge in [-0.2, -0.15) is 0 Å². The Labute approximate surface area is 184 Å². The van der Waals surface area contributed by atoms with Gasteiger partial charge in [-0.3, -0.25) is 0 Å². The first-order valence-corrected chi connectivity index (χ1v) is 12.3. The summed E-state index contributed by atoms with van der Waals surface area (Å²) in [6.45, 7) is 4.46. The second-order valence-electron chi connectivity index (χ2n) is 9.36.